The van der Waals surface area contributed by atoms with Crippen molar-refractivity contribution in [3.05, 3.63) is 46.4 Å². The van der Waals surface area contributed by atoms with E-state index >= 15 is 0 Å². The molecule has 2 rings (SSSR count). The van der Waals surface area contributed by atoms with E-state index in [1.165, 1.54) is 0 Å². The van der Waals surface area contributed by atoms with E-state index in [4.69, 9.17) is 21.7 Å². The Labute approximate surface area is 137 Å². The Hall–Kier alpha value is -1.66. The molecule has 0 unspecified atom stereocenters. The molecule has 0 saturated carbocycles. The summed E-state index contributed by atoms with van der Waals surface area (Å²) in [5.41, 5.74) is 1.08. The highest BCUT2D eigenvalue weighted by molar-refractivity contribution is 9.10. The SMILES string of the molecule is COc1cccc(N(C)C(=S)Oc2ccc(Br)c(C)c2)n1. The third-order valence-corrected chi connectivity index (χ3v) is 4.12. The third kappa shape index (κ3) is 3.92. The Kier molecular flexibility index (Phi) is 5.14. The van der Waals surface area contributed by atoms with Gasteiger partial charge < -0.3 is 9.47 Å². The van der Waals surface area contributed by atoms with Gasteiger partial charge >= 0.3 is 0 Å². The fraction of sp³-hybridized carbons (Fsp3) is 0.200. The summed E-state index contributed by atoms with van der Waals surface area (Å²) in [6.07, 6.45) is 0. The van der Waals surface area contributed by atoms with Crippen molar-refractivity contribution in [1.82, 2.24) is 4.98 Å². The van der Waals surface area contributed by atoms with Crippen LogP contribution in [0.5, 0.6) is 11.6 Å². The fourth-order valence-electron chi connectivity index (χ4n) is 1.65. The van der Waals surface area contributed by atoms with Gasteiger partial charge in [0.15, 0.2) is 0 Å². The molecular formula is C15H15BrN2O2S. The van der Waals surface area contributed by atoms with Crippen molar-refractivity contribution in [2.45, 2.75) is 6.92 Å². The first-order valence-corrected chi connectivity index (χ1v) is 7.44. The lowest BCUT2D eigenvalue weighted by molar-refractivity contribution is 0.398. The van der Waals surface area contributed by atoms with Gasteiger partial charge in [-0.3, -0.25) is 4.90 Å². The number of methoxy groups -OCH3 is 1. The summed E-state index contributed by atoms with van der Waals surface area (Å²) in [4.78, 5) is 6.00. The van der Waals surface area contributed by atoms with Gasteiger partial charge in [-0.25, -0.2) is 0 Å². The molecule has 1 aromatic carbocycles. The van der Waals surface area contributed by atoms with Gasteiger partial charge in [0.2, 0.25) is 5.88 Å². The van der Waals surface area contributed by atoms with E-state index in [9.17, 15) is 0 Å². The first-order chi connectivity index (χ1) is 10.0. The standard InChI is InChI=1S/C15H15BrN2O2S/c1-10-9-11(7-8-12(10)16)20-15(21)18(2)13-5-4-6-14(17-13)19-3/h4-9H,1-3H3. The number of hydrogen-bond donors (Lipinski definition) is 0. The minimum atomic E-state index is 0.317. The van der Waals surface area contributed by atoms with E-state index < -0.39 is 0 Å². The summed E-state index contributed by atoms with van der Waals surface area (Å²) in [6.45, 7) is 1.99. The predicted molar refractivity (Wildman–Crippen MR) is 91.3 cm³/mol. The normalized spacial score (nSPS) is 10.1. The molecule has 0 bridgehead atoms. The highest BCUT2D eigenvalue weighted by Gasteiger charge is 2.12. The van der Waals surface area contributed by atoms with Gasteiger partial charge in [-0.05, 0) is 49.0 Å². The Balaban J connectivity index is 2.13. The maximum atomic E-state index is 5.70. The van der Waals surface area contributed by atoms with Crippen LogP contribution >= 0.6 is 28.1 Å². The third-order valence-electron chi connectivity index (χ3n) is 2.87. The second-order valence-electron chi connectivity index (χ2n) is 4.38. The minimum absolute atomic E-state index is 0.317. The zero-order valence-corrected chi connectivity index (χ0v) is 14.4. The van der Waals surface area contributed by atoms with Gasteiger partial charge in [-0.2, -0.15) is 4.98 Å². The van der Waals surface area contributed by atoms with Crippen molar-refractivity contribution in [3.8, 4) is 11.6 Å². The van der Waals surface area contributed by atoms with E-state index in [-0.39, 0.29) is 0 Å². The molecule has 0 atom stereocenters. The van der Waals surface area contributed by atoms with Crippen molar-refractivity contribution in [3.63, 3.8) is 0 Å². The molecule has 2 aromatic rings. The molecule has 0 radical (unpaired) electrons. The fourth-order valence-corrected chi connectivity index (χ4v) is 2.08. The maximum Gasteiger partial charge on any atom is 0.270 e. The van der Waals surface area contributed by atoms with Gasteiger partial charge in [0, 0.05) is 17.6 Å². The smallest absolute Gasteiger partial charge is 0.270 e. The number of benzene rings is 1. The minimum Gasteiger partial charge on any atom is -0.481 e. The Morgan fingerprint density at radius 1 is 1.29 bits per heavy atom. The maximum absolute atomic E-state index is 5.70. The molecule has 0 aliphatic heterocycles. The molecule has 0 N–H and O–H groups in total. The van der Waals surface area contributed by atoms with Gasteiger partial charge in [-0.15, -0.1) is 0 Å². The number of thiocarbonyl (C=S) groups is 1. The lowest BCUT2D eigenvalue weighted by Gasteiger charge is -2.19. The Morgan fingerprint density at radius 2 is 2.05 bits per heavy atom. The highest BCUT2D eigenvalue weighted by atomic mass is 79.9. The lowest BCUT2D eigenvalue weighted by Crippen LogP contribution is -2.29. The molecule has 0 spiro atoms. The van der Waals surface area contributed by atoms with Crippen LogP contribution in [0.4, 0.5) is 5.82 Å². The molecule has 1 heterocycles. The number of ether oxygens (including phenoxy) is 2. The zero-order chi connectivity index (χ0) is 15.4. The van der Waals surface area contributed by atoms with Crippen LogP contribution < -0.4 is 14.4 Å². The van der Waals surface area contributed by atoms with Gasteiger partial charge in [-0.1, -0.05) is 22.0 Å². The van der Waals surface area contributed by atoms with E-state index in [1.54, 1.807) is 25.1 Å². The average Bonchev–Trinajstić information content (AvgIpc) is 2.50. The number of pyridine rings is 1. The number of rotatable bonds is 3. The molecule has 110 valence electrons. The monoisotopic (exact) mass is 366 g/mol. The second-order valence-corrected chi connectivity index (χ2v) is 5.58. The number of anilines is 1. The van der Waals surface area contributed by atoms with Crippen LogP contribution in [0.3, 0.4) is 0 Å². The van der Waals surface area contributed by atoms with Crippen LogP contribution in [0.2, 0.25) is 0 Å². The predicted octanol–water partition coefficient (Wildman–Crippen LogP) is 3.96. The van der Waals surface area contributed by atoms with E-state index in [0.717, 1.165) is 10.0 Å². The summed E-state index contributed by atoms with van der Waals surface area (Å²) >= 11 is 8.76. The summed E-state index contributed by atoms with van der Waals surface area (Å²) in [5.74, 6) is 1.88. The number of hydrogen-bond acceptors (Lipinski definition) is 4. The molecule has 1 aromatic heterocycles. The van der Waals surface area contributed by atoms with Crippen LogP contribution in [0.15, 0.2) is 40.9 Å². The first-order valence-electron chi connectivity index (χ1n) is 6.24. The van der Waals surface area contributed by atoms with Crippen LogP contribution in [0.25, 0.3) is 0 Å². The zero-order valence-electron chi connectivity index (χ0n) is 12.0. The topological polar surface area (TPSA) is 34.6 Å². The quantitative estimate of drug-likeness (QED) is 0.768. The summed E-state index contributed by atoms with van der Waals surface area (Å²) in [7, 11) is 3.38. The molecule has 0 amide bonds. The Bertz CT molecular complexity index is 664. The van der Waals surface area contributed by atoms with Gasteiger partial charge in [0.05, 0.1) is 7.11 Å². The molecule has 0 aliphatic rings. The first kappa shape index (κ1) is 15.7. The van der Waals surface area contributed by atoms with Crippen molar-refractivity contribution in [2.75, 3.05) is 19.1 Å². The van der Waals surface area contributed by atoms with Gasteiger partial charge in [0.25, 0.3) is 5.17 Å². The molecule has 0 fully saturated rings. The number of halogens is 1. The highest BCUT2D eigenvalue weighted by Crippen LogP contribution is 2.23. The number of aromatic nitrogens is 1. The van der Waals surface area contributed by atoms with E-state index in [1.807, 2.05) is 37.3 Å². The van der Waals surface area contributed by atoms with Crippen molar-refractivity contribution >= 4 is 39.1 Å². The lowest BCUT2D eigenvalue weighted by atomic mass is 10.2. The molecule has 0 saturated heterocycles. The number of nitrogens with zero attached hydrogens (tertiary/aromatic N) is 2. The van der Waals surface area contributed by atoms with Gasteiger partial charge in [0.1, 0.15) is 11.6 Å². The molecule has 4 nitrogen and oxygen atoms in total. The molecule has 0 aliphatic carbocycles. The van der Waals surface area contributed by atoms with Crippen LogP contribution in [0, 0.1) is 6.92 Å². The summed E-state index contributed by atoms with van der Waals surface area (Å²) < 4.78 is 11.8. The van der Waals surface area contributed by atoms with E-state index in [0.29, 0.717) is 22.6 Å². The second kappa shape index (κ2) is 6.87. The summed E-state index contributed by atoms with van der Waals surface area (Å²) in [6, 6.07) is 11.2. The van der Waals surface area contributed by atoms with Crippen LogP contribution in [0.1, 0.15) is 5.56 Å². The van der Waals surface area contributed by atoms with Crippen LogP contribution in [-0.4, -0.2) is 24.3 Å². The summed E-state index contributed by atoms with van der Waals surface area (Å²) in [5, 5.41) is 0.317. The molecular weight excluding hydrogens is 352 g/mol. The molecule has 21 heavy (non-hydrogen) atoms. The van der Waals surface area contributed by atoms with Crippen molar-refractivity contribution < 1.29 is 9.47 Å². The van der Waals surface area contributed by atoms with Crippen LogP contribution in [-0.2, 0) is 0 Å². The van der Waals surface area contributed by atoms with Crippen molar-refractivity contribution in [2.24, 2.45) is 0 Å². The van der Waals surface area contributed by atoms with E-state index in [2.05, 4.69) is 20.9 Å². The van der Waals surface area contributed by atoms with Crippen molar-refractivity contribution in [1.29, 1.82) is 0 Å². The number of aryl methyl sites for hydroxylation is 1. The average molecular weight is 367 g/mol. The molecule has 6 heteroatoms. The Morgan fingerprint density at radius 3 is 2.71 bits per heavy atom. The largest absolute Gasteiger partial charge is 0.481 e.